The third-order valence-corrected chi connectivity index (χ3v) is 3.95. The molecule has 100 valence electrons. The number of nitrogens with one attached hydrogen (secondary N) is 2. The van der Waals surface area contributed by atoms with Gasteiger partial charge in [-0.1, -0.05) is 17.4 Å². The van der Waals surface area contributed by atoms with Crippen LogP contribution >= 0.6 is 23.1 Å². The summed E-state index contributed by atoms with van der Waals surface area (Å²) in [6.07, 6.45) is 1.84. The summed E-state index contributed by atoms with van der Waals surface area (Å²) in [5.74, 6) is 1.88. The SMILES string of the molecule is C=CCSCCNC(=O)c1sc(NCC)nc1N. The molecule has 1 rings (SSSR count). The van der Waals surface area contributed by atoms with Crippen LogP contribution in [0.4, 0.5) is 10.9 Å². The minimum Gasteiger partial charge on any atom is -0.382 e. The molecule has 0 spiro atoms. The normalized spacial score (nSPS) is 10.1. The summed E-state index contributed by atoms with van der Waals surface area (Å²) in [7, 11) is 0. The number of nitrogens with two attached hydrogens (primary N) is 1. The van der Waals surface area contributed by atoms with E-state index < -0.39 is 0 Å². The molecule has 7 heteroatoms. The molecular weight excluding hydrogens is 268 g/mol. The van der Waals surface area contributed by atoms with Gasteiger partial charge in [-0.2, -0.15) is 11.8 Å². The second-order valence-corrected chi connectivity index (χ2v) is 5.53. The molecule has 0 saturated heterocycles. The van der Waals surface area contributed by atoms with Crippen LogP contribution in [0.3, 0.4) is 0 Å². The van der Waals surface area contributed by atoms with E-state index in [4.69, 9.17) is 5.73 Å². The van der Waals surface area contributed by atoms with Crippen LogP contribution in [0, 0.1) is 0 Å². The molecule has 0 aromatic carbocycles. The zero-order valence-corrected chi connectivity index (χ0v) is 12.0. The minimum atomic E-state index is -0.159. The van der Waals surface area contributed by atoms with Crippen LogP contribution in [0.15, 0.2) is 12.7 Å². The Hall–Kier alpha value is -1.21. The van der Waals surface area contributed by atoms with E-state index in [-0.39, 0.29) is 11.7 Å². The lowest BCUT2D eigenvalue weighted by Gasteiger charge is -2.02. The summed E-state index contributed by atoms with van der Waals surface area (Å²) < 4.78 is 0. The van der Waals surface area contributed by atoms with Crippen molar-refractivity contribution in [3.05, 3.63) is 17.5 Å². The average Bonchev–Trinajstić information content (AvgIpc) is 2.70. The fourth-order valence-corrected chi connectivity index (χ4v) is 2.65. The Morgan fingerprint density at radius 3 is 3.11 bits per heavy atom. The lowest BCUT2D eigenvalue weighted by molar-refractivity contribution is 0.0961. The van der Waals surface area contributed by atoms with E-state index in [0.717, 1.165) is 18.1 Å². The first-order chi connectivity index (χ1) is 8.69. The number of nitrogens with zero attached hydrogens (tertiary/aromatic N) is 1. The van der Waals surface area contributed by atoms with Crippen molar-refractivity contribution in [3.63, 3.8) is 0 Å². The fraction of sp³-hybridized carbons (Fsp3) is 0.455. The largest absolute Gasteiger partial charge is 0.382 e. The van der Waals surface area contributed by atoms with E-state index in [2.05, 4.69) is 22.2 Å². The fourth-order valence-electron chi connectivity index (χ4n) is 1.21. The van der Waals surface area contributed by atoms with Gasteiger partial charge >= 0.3 is 0 Å². The first-order valence-electron chi connectivity index (χ1n) is 5.66. The van der Waals surface area contributed by atoms with E-state index in [1.165, 1.54) is 11.3 Å². The van der Waals surface area contributed by atoms with Crippen LogP contribution in [-0.2, 0) is 0 Å². The quantitative estimate of drug-likeness (QED) is 0.501. The van der Waals surface area contributed by atoms with Crippen molar-refractivity contribution in [2.45, 2.75) is 6.92 Å². The molecule has 0 aliphatic rings. The maximum atomic E-state index is 11.8. The molecule has 0 saturated carbocycles. The van der Waals surface area contributed by atoms with E-state index >= 15 is 0 Å². The van der Waals surface area contributed by atoms with Crippen LogP contribution in [0.5, 0.6) is 0 Å². The first-order valence-corrected chi connectivity index (χ1v) is 7.63. The van der Waals surface area contributed by atoms with Gasteiger partial charge in [0, 0.05) is 24.6 Å². The minimum absolute atomic E-state index is 0.159. The van der Waals surface area contributed by atoms with Crippen molar-refractivity contribution < 1.29 is 4.79 Å². The Balaban J connectivity index is 2.43. The van der Waals surface area contributed by atoms with E-state index in [0.29, 0.717) is 16.6 Å². The standard InChI is InChI=1S/C11H18N4OS2/c1-3-6-17-7-5-14-10(16)8-9(12)15-11(18-8)13-4-2/h3H,1,4-7,12H2,2H3,(H,13,15)(H,14,16). The van der Waals surface area contributed by atoms with Gasteiger partial charge in [0.25, 0.3) is 5.91 Å². The van der Waals surface area contributed by atoms with Gasteiger partial charge in [-0.25, -0.2) is 4.98 Å². The molecule has 0 aliphatic carbocycles. The number of aromatic nitrogens is 1. The van der Waals surface area contributed by atoms with Crippen molar-refractivity contribution in [1.29, 1.82) is 0 Å². The van der Waals surface area contributed by atoms with Crippen LogP contribution < -0.4 is 16.4 Å². The maximum Gasteiger partial charge on any atom is 0.265 e. The number of nitrogen functional groups attached to an aromatic ring is 1. The highest BCUT2D eigenvalue weighted by Gasteiger charge is 2.15. The molecular formula is C11H18N4OS2. The van der Waals surface area contributed by atoms with Crippen LogP contribution in [-0.4, -0.2) is 35.5 Å². The number of carbonyl (C=O) groups excluding carboxylic acids is 1. The predicted molar refractivity (Wildman–Crippen MR) is 80.5 cm³/mol. The zero-order chi connectivity index (χ0) is 13.4. The molecule has 0 fully saturated rings. The van der Waals surface area contributed by atoms with Crippen molar-refractivity contribution in [2.75, 3.05) is 35.6 Å². The topological polar surface area (TPSA) is 80.0 Å². The van der Waals surface area contributed by atoms with Gasteiger partial charge in [-0.05, 0) is 6.92 Å². The number of hydrogen-bond acceptors (Lipinski definition) is 6. The molecule has 1 heterocycles. The van der Waals surface area contributed by atoms with Gasteiger partial charge in [-0.3, -0.25) is 4.79 Å². The molecule has 18 heavy (non-hydrogen) atoms. The van der Waals surface area contributed by atoms with Gasteiger partial charge in [0.1, 0.15) is 10.7 Å². The highest BCUT2D eigenvalue weighted by atomic mass is 32.2. The molecule has 1 aromatic heterocycles. The van der Waals surface area contributed by atoms with Crippen molar-refractivity contribution in [2.24, 2.45) is 0 Å². The molecule has 0 unspecified atom stereocenters. The van der Waals surface area contributed by atoms with E-state index in [1.807, 2.05) is 13.0 Å². The highest BCUT2D eigenvalue weighted by Crippen LogP contribution is 2.24. The number of carbonyl (C=O) groups is 1. The summed E-state index contributed by atoms with van der Waals surface area (Å²) in [4.78, 5) is 16.4. The summed E-state index contributed by atoms with van der Waals surface area (Å²) >= 11 is 3.00. The first kappa shape index (κ1) is 14.8. The van der Waals surface area contributed by atoms with Gasteiger partial charge < -0.3 is 16.4 Å². The lowest BCUT2D eigenvalue weighted by Crippen LogP contribution is -2.25. The highest BCUT2D eigenvalue weighted by molar-refractivity contribution is 7.99. The van der Waals surface area contributed by atoms with E-state index in [9.17, 15) is 4.79 Å². The number of anilines is 2. The van der Waals surface area contributed by atoms with E-state index in [1.54, 1.807) is 11.8 Å². The Morgan fingerprint density at radius 2 is 2.44 bits per heavy atom. The van der Waals surface area contributed by atoms with Crippen molar-refractivity contribution in [3.8, 4) is 0 Å². The summed E-state index contributed by atoms with van der Waals surface area (Å²) in [5.41, 5.74) is 5.70. The summed E-state index contributed by atoms with van der Waals surface area (Å²) in [6, 6.07) is 0. The number of thiazole rings is 1. The van der Waals surface area contributed by atoms with Gasteiger partial charge in [0.05, 0.1) is 0 Å². The molecule has 1 aromatic rings. The molecule has 0 atom stereocenters. The average molecular weight is 286 g/mol. The zero-order valence-electron chi connectivity index (χ0n) is 10.4. The predicted octanol–water partition coefficient (Wildman–Crippen LogP) is 1.81. The number of amides is 1. The second kappa shape index (κ2) is 7.99. The summed E-state index contributed by atoms with van der Waals surface area (Å²) in [6.45, 7) is 6.97. The Bertz CT molecular complexity index is 406. The second-order valence-electron chi connectivity index (χ2n) is 3.38. The number of thioether (sulfide) groups is 1. The number of rotatable bonds is 8. The summed E-state index contributed by atoms with van der Waals surface area (Å²) in [5, 5.41) is 6.54. The molecule has 0 radical (unpaired) electrons. The molecule has 5 nitrogen and oxygen atoms in total. The van der Waals surface area contributed by atoms with Gasteiger partial charge in [0.2, 0.25) is 0 Å². The Labute approximate surface area is 115 Å². The van der Waals surface area contributed by atoms with Crippen molar-refractivity contribution >= 4 is 40.0 Å². The molecule has 1 amide bonds. The lowest BCUT2D eigenvalue weighted by atomic mass is 10.4. The third kappa shape index (κ3) is 4.58. The van der Waals surface area contributed by atoms with Crippen LogP contribution in [0.25, 0.3) is 0 Å². The van der Waals surface area contributed by atoms with Crippen LogP contribution in [0.2, 0.25) is 0 Å². The monoisotopic (exact) mass is 286 g/mol. The van der Waals surface area contributed by atoms with Gasteiger partial charge in [-0.15, -0.1) is 6.58 Å². The molecule has 0 aliphatic heterocycles. The third-order valence-electron chi connectivity index (χ3n) is 1.96. The smallest absolute Gasteiger partial charge is 0.265 e. The van der Waals surface area contributed by atoms with Gasteiger partial charge in [0.15, 0.2) is 5.13 Å². The maximum absolute atomic E-state index is 11.8. The van der Waals surface area contributed by atoms with Crippen molar-refractivity contribution in [1.82, 2.24) is 10.3 Å². The van der Waals surface area contributed by atoms with Crippen LogP contribution in [0.1, 0.15) is 16.6 Å². The molecule has 0 bridgehead atoms. The number of hydrogen-bond donors (Lipinski definition) is 3. The molecule has 4 N–H and O–H groups in total. The Morgan fingerprint density at radius 1 is 1.67 bits per heavy atom. The Kier molecular flexibility index (Phi) is 6.59.